The lowest BCUT2D eigenvalue weighted by atomic mass is 10.2. The standard InChI is InChI=1S/C9H19NS.C2H6/c1-4-9(5-6-11)10-7-8(2)3;1-2/h7-9,11H,4-6H2,1-3H3;1-2H3. The minimum Gasteiger partial charge on any atom is -0.294 e. The Kier molecular flexibility index (Phi) is 14.3. The summed E-state index contributed by atoms with van der Waals surface area (Å²) in [6, 6.07) is 0.495. The van der Waals surface area contributed by atoms with Crippen LogP contribution in [-0.4, -0.2) is 18.0 Å². The third-order valence-electron chi connectivity index (χ3n) is 1.53. The molecular weight excluding hydrogens is 178 g/mol. The normalized spacial score (nSPS) is 12.8. The molecule has 0 rings (SSSR count). The molecule has 0 aromatic rings. The fourth-order valence-corrected chi connectivity index (χ4v) is 1.12. The van der Waals surface area contributed by atoms with E-state index >= 15 is 0 Å². The van der Waals surface area contributed by atoms with Crippen molar-refractivity contribution >= 4 is 18.8 Å². The van der Waals surface area contributed by atoms with Gasteiger partial charge in [0.25, 0.3) is 0 Å². The molecule has 0 saturated heterocycles. The van der Waals surface area contributed by atoms with Crippen molar-refractivity contribution in [1.82, 2.24) is 0 Å². The number of hydrogen-bond acceptors (Lipinski definition) is 2. The smallest absolute Gasteiger partial charge is 0.0501 e. The van der Waals surface area contributed by atoms with Gasteiger partial charge in [-0.05, 0) is 24.5 Å². The monoisotopic (exact) mass is 203 g/mol. The van der Waals surface area contributed by atoms with Crippen LogP contribution in [-0.2, 0) is 0 Å². The molecular formula is C11H25NS. The van der Waals surface area contributed by atoms with Gasteiger partial charge in [-0.2, -0.15) is 12.6 Å². The van der Waals surface area contributed by atoms with Crippen LogP contribution in [0.4, 0.5) is 0 Å². The zero-order valence-corrected chi connectivity index (χ0v) is 10.6. The highest BCUT2D eigenvalue weighted by Gasteiger charge is 2.00. The highest BCUT2D eigenvalue weighted by molar-refractivity contribution is 7.80. The average Bonchev–Trinajstić information content (AvgIpc) is 2.15. The molecule has 0 aliphatic heterocycles. The van der Waals surface area contributed by atoms with Crippen LogP contribution in [0.1, 0.15) is 47.5 Å². The van der Waals surface area contributed by atoms with E-state index in [1.165, 1.54) is 0 Å². The van der Waals surface area contributed by atoms with E-state index in [9.17, 15) is 0 Å². The molecule has 0 fully saturated rings. The molecule has 0 aromatic heterocycles. The maximum atomic E-state index is 4.46. The first-order chi connectivity index (χ1) is 6.20. The van der Waals surface area contributed by atoms with Crippen LogP contribution in [0.25, 0.3) is 0 Å². The van der Waals surface area contributed by atoms with E-state index in [1.807, 2.05) is 20.1 Å². The summed E-state index contributed by atoms with van der Waals surface area (Å²) in [5.41, 5.74) is 0. The highest BCUT2D eigenvalue weighted by Crippen LogP contribution is 2.04. The van der Waals surface area contributed by atoms with Crippen LogP contribution in [0.5, 0.6) is 0 Å². The lowest BCUT2D eigenvalue weighted by Gasteiger charge is -2.07. The Balaban J connectivity index is 0. The fraction of sp³-hybridized carbons (Fsp3) is 0.909. The van der Waals surface area contributed by atoms with Crippen LogP contribution >= 0.6 is 12.6 Å². The summed E-state index contributed by atoms with van der Waals surface area (Å²) in [6.45, 7) is 10.5. The maximum absolute atomic E-state index is 4.46. The Morgan fingerprint density at radius 3 is 2.15 bits per heavy atom. The van der Waals surface area contributed by atoms with Crippen LogP contribution in [0.3, 0.4) is 0 Å². The second-order valence-corrected chi connectivity index (χ2v) is 3.56. The van der Waals surface area contributed by atoms with E-state index in [-0.39, 0.29) is 0 Å². The molecule has 0 bridgehead atoms. The van der Waals surface area contributed by atoms with E-state index in [2.05, 4.69) is 38.4 Å². The largest absolute Gasteiger partial charge is 0.294 e. The van der Waals surface area contributed by atoms with Gasteiger partial charge in [-0.25, -0.2) is 0 Å². The third-order valence-corrected chi connectivity index (χ3v) is 1.79. The third kappa shape index (κ3) is 12.0. The quantitative estimate of drug-likeness (QED) is 0.515. The van der Waals surface area contributed by atoms with Gasteiger partial charge in [-0.3, -0.25) is 4.99 Å². The van der Waals surface area contributed by atoms with Crippen molar-refractivity contribution < 1.29 is 0 Å². The molecule has 1 nitrogen and oxygen atoms in total. The zero-order valence-electron chi connectivity index (χ0n) is 9.75. The SMILES string of the molecule is CC.CCC(CCS)N=CC(C)C. The molecule has 1 atom stereocenters. The molecule has 13 heavy (non-hydrogen) atoms. The maximum Gasteiger partial charge on any atom is 0.0501 e. The van der Waals surface area contributed by atoms with Crippen molar-refractivity contribution in [3.63, 3.8) is 0 Å². The zero-order chi connectivity index (χ0) is 10.7. The Hall–Kier alpha value is 0.0200. The average molecular weight is 203 g/mol. The lowest BCUT2D eigenvalue weighted by molar-refractivity contribution is 0.635. The topological polar surface area (TPSA) is 12.4 Å². The summed E-state index contributed by atoms with van der Waals surface area (Å²) >= 11 is 4.18. The van der Waals surface area contributed by atoms with Gasteiger partial charge in [0.2, 0.25) is 0 Å². The van der Waals surface area contributed by atoms with Crippen molar-refractivity contribution in [1.29, 1.82) is 0 Å². The van der Waals surface area contributed by atoms with E-state index in [4.69, 9.17) is 0 Å². The Morgan fingerprint density at radius 2 is 1.85 bits per heavy atom. The first-order valence-electron chi connectivity index (χ1n) is 5.34. The molecule has 0 aliphatic carbocycles. The number of aliphatic imine (C=N–C) groups is 1. The van der Waals surface area contributed by atoms with E-state index in [0.29, 0.717) is 12.0 Å². The van der Waals surface area contributed by atoms with Crippen LogP contribution in [0, 0.1) is 5.92 Å². The van der Waals surface area contributed by atoms with Gasteiger partial charge in [-0.1, -0.05) is 34.6 Å². The first-order valence-corrected chi connectivity index (χ1v) is 5.98. The first kappa shape index (κ1) is 15.5. The van der Waals surface area contributed by atoms with Gasteiger partial charge >= 0.3 is 0 Å². The highest BCUT2D eigenvalue weighted by atomic mass is 32.1. The summed E-state index contributed by atoms with van der Waals surface area (Å²) in [6.07, 6.45) is 4.27. The second kappa shape index (κ2) is 12.0. The van der Waals surface area contributed by atoms with E-state index in [1.54, 1.807) is 0 Å². The van der Waals surface area contributed by atoms with Crippen molar-refractivity contribution in [2.75, 3.05) is 5.75 Å². The van der Waals surface area contributed by atoms with Gasteiger partial charge in [0.1, 0.15) is 0 Å². The lowest BCUT2D eigenvalue weighted by Crippen LogP contribution is -2.04. The Bertz CT molecular complexity index is 111. The van der Waals surface area contributed by atoms with Gasteiger partial charge in [0, 0.05) is 6.21 Å². The van der Waals surface area contributed by atoms with Gasteiger partial charge in [0.15, 0.2) is 0 Å². The van der Waals surface area contributed by atoms with Crippen molar-refractivity contribution in [2.45, 2.75) is 53.5 Å². The summed E-state index contributed by atoms with van der Waals surface area (Å²) in [4.78, 5) is 4.46. The Morgan fingerprint density at radius 1 is 1.31 bits per heavy atom. The molecule has 1 unspecified atom stereocenters. The van der Waals surface area contributed by atoms with Crippen molar-refractivity contribution in [3.8, 4) is 0 Å². The number of nitrogens with zero attached hydrogens (tertiary/aromatic N) is 1. The molecule has 0 saturated carbocycles. The number of thiol groups is 1. The predicted molar refractivity (Wildman–Crippen MR) is 67.2 cm³/mol. The molecule has 0 spiro atoms. The minimum absolute atomic E-state index is 0.495. The summed E-state index contributed by atoms with van der Waals surface area (Å²) in [5, 5.41) is 0. The molecule has 2 heteroatoms. The Labute approximate surface area is 89.4 Å². The van der Waals surface area contributed by atoms with Gasteiger partial charge in [0.05, 0.1) is 6.04 Å². The van der Waals surface area contributed by atoms with Crippen molar-refractivity contribution in [2.24, 2.45) is 10.9 Å². The molecule has 0 aromatic carbocycles. The number of rotatable bonds is 5. The van der Waals surface area contributed by atoms with Gasteiger partial charge in [-0.15, -0.1) is 0 Å². The molecule has 0 N–H and O–H groups in total. The molecule has 0 amide bonds. The van der Waals surface area contributed by atoms with Crippen LogP contribution < -0.4 is 0 Å². The second-order valence-electron chi connectivity index (χ2n) is 3.12. The van der Waals surface area contributed by atoms with E-state index < -0.39 is 0 Å². The van der Waals surface area contributed by atoms with Crippen LogP contribution in [0.2, 0.25) is 0 Å². The predicted octanol–water partition coefficient (Wildman–Crippen LogP) is 3.84. The number of hydrogen-bond donors (Lipinski definition) is 1. The summed E-state index contributed by atoms with van der Waals surface area (Å²) in [5.74, 6) is 1.51. The molecule has 0 aliphatic rings. The molecule has 80 valence electrons. The van der Waals surface area contributed by atoms with E-state index in [0.717, 1.165) is 18.6 Å². The van der Waals surface area contributed by atoms with Gasteiger partial charge < -0.3 is 0 Å². The summed E-state index contributed by atoms with van der Waals surface area (Å²) in [7, 11) is 0. The van der Waals surface area contributed by atoms with Crippen LogP contribution in [0.15, 0.2) is 4.99 Å². The minimum atomic E-state index is 0.495. The van der Waals surface area contributed by atoms with Crippen molar-refractivity contribution in [3.05, 3.63) is 0 Å². The molecule has 0 radical (unpaired) electrons. The summed E-state index contributed by atoms with van der Waals surface area (Å²) < 4.78 is 0. The fourth-order valence-electron chi connectivity index (χ4n) is 0.827. The molecule has 0 heterocycles.